The van der Waals surface area contributed by atoms with E-state index >= 15 is 0 Å². The molecule has 0 spiro atoms. The topological polar surface area (TPSA) is 66.6 Å². The van der Waals surface area contributed by atoms with Crippen LogP contribution in [0.15, 0.2) is 0 Å². The standard InChI is InChI=1S/C13H27N3O2S/c1-12-6-9-16(11-13(12)10-14)19(17,18)15-7-4-2-3-5-8-15/h12-13H,2-11,14H2,1H3. The van der Waals surface area contributed by atoms with Crippen LogP contribution >= 0.6 is 0 Å². The van der Waals surface area contributed by atoms with E-state index in [0.717, 1.165) is 32.1 Å². The van der Waals surface area contributed by atoms with Crippen LogP contribution in [0, 0.1) is 11.8 Å². The van der Waals surface area contributed by atoms with Crippen LogP contribution in [-0.4, -0.2) is 49.8 Å². The lowest BCUT2D eigenvalue weighted by Crippen LogP contribution is -2.51. The number of rotatable bonds is 3. The van der Waals surface area contributed by atoms with Gasteiger partial charge in [-0.1, -0.05) is 19.8 Å². The first-order valence-electron chi connectivity index (χ1n) is 7.51. The average molecular weight is 289 g/mol. The fraction of sp³-hybridized carbons (Fsp3) is 1.00. The van der Waals surface area contributed by atoms with Gasteiger partial charge in [0.2, 0.25) is 0 Å². The molecule has 0 amide bonds. The summed E-state index contributed by atoms with van der Waals surface area (Å²) in [7, 11) is -3.26. The second-order valence-corrected chi connectivity index (χ2v) is 7.87. The molecule has 112 valence electrons. The highest BCUT2D eigenvalue weighted by Crippen LogP contribution is 2.26. The van der Waals surface area contributed by atoms with Crippen molar-refractivity contribution in [2.24, 2.45) is 17.6 Å². The molecule has 0 radical (unpaired) electrons. The van der Waals surface area contributed by atoms with E-state index in [0.29, 0.717) is 44.6 Å². The maximum atomic E-state index is 12.7. The molecule has 5 nitrogen and oxygen atoms in total. The normalized spacial score (nSPS) is 32.1. The average Bonchev–Trinajstić information content (AvgIpc) is 2.68. The summed E-state index contributed by atoms with van der Waals surface area (Å²) in [5.74, 6) is 0.830. The van der Waals surface area contributed by atoms with Crippen molar-refractivity contribution < 1.29 is 8.42 Å². The molecule has 0 aliphatic carbocycles. The Labute approximate surface area is 117 Å². The van der Waals surface area contributed by atoms with Gasteiger partial charge >= 0.3 is 0 Å². The first kappa shape index (κ1) is 15.2. The first-order valence-corrected chi connectivity index (χ1v) is 8.90. The third kappa shape index (κ3) is 3.48. The van der Waals surface area contributed by atoms with Crippen molar-refractivity contribution in [2.75, 3.05) is 32.7 Å². The molecule has 19 heavy (non-hydrogen) atoms. The van der Waals surface area contributed by atoms with Crippen molar-refractivity contribution in [1.82, 2.24) is 8.61 Å². The van der Waals surface area contributed by atoms with Gasteiger partial charge in [-0.05, 0) is 37.6 Å². The summed E-state index contributed by atoms with van der Waals surface area (Å²) in [6, 6.07) is 0. The third-order valence-electron chi connectivity index (χ3n) is 4.60. The van der Waals surface area contributed by atoms with E-state index in [1.807, 2.05) is 0 Å². The quantitative estimate of drug-likeness (QED) is 0.843. The van der Waals surface area contributed by atoms with E-state index in [-0.39, 0.29) is 0 Å². The van der Waals surface area contributed by atoms with Crippen LogP contribution < -0.4 is 5.73 Å². The molecule has 0 aromatic carbocycles. The van der Waals surface area contributed by atoms with Crippen molar-refractivity contribution >= 4 is 10.2 Å². The van der Waals surface area contributed by atoms with E-state index in [1.165, 1.54) is 0 Å². The molecule has 2 N–H and O–H groups in total. The Hall–Kier alpha value is -0.170. The number of nitrogens with zero attached hydrogens (tertiary/aromatic N) is 2. The Morgan fingerprint density at radius 3 is 2.26 bits per heavy atom. The number of hydrogen-bond donors (Lipinski definition) is 1. The number of hydrogen-bond acceptors (Lipinski definition) is 3. The van der Waals surface area contributed by atoms with Crippen LogP contribution in [0.5, 0.6) is 0 Å². The highest BCUT2D eigenvalue weighted by Gasteiger charge is 2.35. The van der Waals surface area contributed by atoms with Crippen LogP contribution in [0.1, 0.15) is 39.0 Å². The fourth-order valence-corrected chi connectivity index (χ4v) is 4.83. The van der Waals surface area contributed by atoms with E-state index in [9.17, 15) is 8.42 Å². The molecule has 0 aromatic rings. The minimum atomic E-state index is -3.26. The van der Waals surface area contributed by atoms with E-state index in [4.69, 9.17) is 5.73 Å². The third-order valence-corrected chi connectivity index (χ3v) is 6.60. The van der Waals surface area contributed by atoms with Gasteiger partial charge in [-0.2, -0.15) is 17.0 Å². The first-order chi connectivity index (χ1) is 9.05. The molecule has 2 unspecified atom stereocenters. The Balaban J connectivity index is 2.06. The van der Waals surface area contributed by atoms with Gasteiger partial charge in [0.1, 0.15) is 0 Å². The summed E-state index contributed by atoms with van der Waals surface area (Å²) in [4.78, 5) is 0. The van der Waals surface area contributed by atoms with Gasteiger partial charge in [0, 0.05) is 26.2 Å². The second-order valence-electron chi connectivity index (χ2n) is 5.94. The van der Waals surface area contributed by atoms with Crippen LogP contribution in [-0.2, 0) is 10.2 Å². The monoisotopic (exact) mass is 289 g/mol. The summed E-state index contributed by atoms with van der Waals surface area (Å²) < 4.78 is 28.7. The zero-order valence-corrected chi connectivity index (χ0v) is 12.7. The molecule has 0 saturated carbocycles. The summed E-state index contributed by atoms with van der Waals surface area (Å²) >= 11 is 0. The Bertz CT molecular complexity index is 377. The number of piperidine rings is 1. The molecule has 2 heterocycles. The van der Waals surface area contributed by atoms with Gasteiger partial charge in [0.25, 0.3) is 10.2 Å². The molecule has 2 rings (SSSR count). The van der Waals surface area contributed by atoms with E-state index < -0.39 is 10.2 Å². The van der Waals surface area contributed by atoms with Crippen molar-refractivity contribution in [3.63, 3.8) is 0 Å². The highest BCUT2D eigenvalue weighted by atomic mass is 32.2. The summed E-state index contributed by atoms with van der Waals surface area (Å²) in [5.41, 5.74) is 5.77. The maximum absolute atomic E-state index is 12.7. The van der Waals surface area contributed by atoms with Crippen LogP contribution in [0.2, 0.25) is 0 Å². The lowest BCUT2D eigenvalue weighted by molar-refractivity contribution is 0.193. The molecular formula is C13H27N3O2S. The minimum absolute atomic E-state index is 0.301. The summed E-state index contributed by atoms with van der Waals surface area (Å²) in [6.07, 6.45) is 5.20. The molecular weight excluding hydrogens is 262 g/mol. The highest BCUT2D eigenvalue weighted by molar-refractivity contribution is 7.86. The van der Waals surface area contributed by atoms with Crippen molar-refractivity contribution in [3.8, 4) is 0 Å². The molecule has 2 saturated heterocycles. The lowest BCUT2D eigenvalue weighted by atomic mass is 9.88. The van der Waals surface area contributed by atoms with Crippen LogP contribution in [0.3, 0.4) is 0 Å². The van der Waals surface area contributed by atoms with Gasteiger partial charge in [-0.3, -0.25) is 0 Å². The molecule has 0 bridgehead atoms. The van der Waals surface area contributed by atoms with Crippen molar-refractivity contribution in [3.05, 3.63) is 0 Å². The maximum Gasteiger partial charge on any atom is 0.281 e. The molecule has 6 heteroatoms. The predicted molar refractivity (Wildman–Crippen MR) is 76.9 cm³/mol. The molecule has 0 aromatic heterocycles. The Morgan fingerprint density at radius 1 is 1.05 bits per heavy atom. The van der Waals surface area contributed by atoms with Crippen molar-refractivity contribution in [2.45, 2.75) is 39.0 Å². The van der Waals surface area contributed by atoms with Crippen LogP contribution in [0.4, 0.5) is 0 Å². The molecule has 2 fully saturated rings. The predicted octanol–water partition coefficient (Wildman–Crippen LogP) is 1.02. The Kier molecular flexibility index (Phi) is 5.22. The Morgan fingerprint density at radius 2 is 1.68 bits per heavy atom. The van der Waals surface area contributed by atoms with Gasteiger partial charge in [-0.15, -0.1) is 0 Å². The summed E-state index contributed by atoms with van der Waals surface area (Å²) in [5, 5.41) is 0. The van der Waals surface area contributed by atoms with Crippen molar-refractivity contribution in [1.29, 1.82) is 0 Å². The fourth-order valence-electron chi connectivity index (χ4n) is 3.07. The zero-order valence-electron chi connectivity index (χ0n) is 11.9. The van der Waals surface area contributed by atoms with Gasteiger partial charge in [0.05, 0.1) is 0 Å². The van der Waals surface area contributed by atoms with Gasteiger partial charge in [-0.25, -0.2) is 0 Å². The van der Waals surface area contributed by atoms with E-state index in [1.54, 1.807) is 8.61 Å². The van der Waals surface area contributed by atoms with E-state index in [2.05, 4.69) is 6.92 Å². The lowest BCUT2D eigenvalue weighted by Gasteiger charge is -2.38. The molecule has 2 atom stereocenters. The zero-order chi connectivity index (χ0) is 13.9. The van der Waals surface area contributed by atoms with Gasteiger partial charge < -0.3 is 5.73 Å². The number of nitrogens with two attached hydrogens (primary N) is 1. The summed E-state index contributed by atoms with van der Waals surface area (Å²) in [6.45, 7) is 5.36. The van der Waals surface area contributed by atoms with Gasteiger partial charge in [0.15, 0.2) is 0 Å². The second kappa shape index (κ2) is 6.52. The van der Waals surface area contributed by atoms with Crippen LogP contribution in [0.25, 0.3) is 0 Å². The molecule has 2 aliphatic heterocycles. The molecule has 2 aliphatic rings. The largest absolute Gasteiger partial charge is 0.330 e. The SMILES string of the molecule is CC1CCN(S(=O)(=O)N2CCCCCC2)CC1CN. The smallest absolute Gasteiger partial charge is 0.281 e. The minimum Gasteiger partial charge on any atom is -0.330 e.